The molecule has 4 heteroatoms. The molecule has 2 aliphatic carbocycles. The van der Waals surface area contributed by atoms with Gasteiger partial charge in [-0.25, -0.2) is 4.79 Å². The third-order valence-corrected chi connectivity index (χ3v) is 5.62. The molecule has 0 saturated heterocycles. The first-order valence-electron chi connectivity index (χ1n) is 8.10. The third kappa shape index (κ3) is 2.36. The molecule has 0 aliphatic heterocycles. The average Bonchev–Trinajstić information content (AvgIpc) is 3.01. The summed E-state index contributed by atoms with van der Waals surface area (Å²) in [5.74, 6) is -0.111. The van der Waals surface area contributed by atoms with Gasteiger partial charge in [0, 0.05) is 11.3 Å². The molecule has 0 spiro atoms. The first-order valence-corrected chi connectivity index (χ1v) is 8.10. The number of rotatable bonds is 4. The van der Waals surface area contributed by atoms with Crippen LogP contribution >= 0.6 is 0 Å². The zero-order chi connectivity index (χ0) is 17.0. The van der Waals surface area contributed by atoms with Crippen LogP contribution in [0.1, 0.15) is 44.5 Å². The van der Waals surface area contributed by atoms with Crippen molar-refractivity contribution in [2.45, 2.75) is 45.8 Å². The van der Waals surface area contributed by atoms with Gasteiger partial charge in [-0.1, -0.05) is 26.8 Å². The maximum absolute atomic E-state index is 12.4. The van der Waals surface area contributed by atoms with Crippen molar-refractivity contribution in [2.24, 2.45) is 17.3 Å². The van der Waals surface area contributed by atoms with Gasteiger partial charge in [0.25, 0.3) is 0 Å². The normalized spacial score (nSPS) is 33.1. The van der Waals surface area contributed by atoms with E-state index in [2.05, 4.69) is 13.0 Å². The summed E-state index contributed by atoms with van der Waals surface area (Å²) in [6.07, 6.45) is 2.51. The van der Waals surface area contributed by atoms with Gasteiger partial charge in [0.15, 0.2) is 0 Å². The first-order chi connectivity index (χ1) is 10.7. The van der Waals surface area contributed by atoms with Crippen LogP contribution in [0.2, 0.25) is 0 Å². The van der Waals surface area contributed by atoms with Gasteiger partial charge in [-0.15, -0.1) is 0 Å². The summed E-state index contributed by atoms with van der Waals surface area (Å²) in [7, 11) is 0. The lowest BCUT2D eigenvalue weighted by Crippen LogP contribution is -2.35. The Labute approximate surface area is 136 Å². The average molecular weight is 316 g/mol. The second kappa shape index (κ2) is 5.10. The van der Waals surface area contributed by atoms with Crippen LogP contribution < -0.4 is 0 Å². The number of esters is 1. The van der Waals surface area contributed by atoms with Gasteiger partial charge in [0.05, 0.1) is 11.2 Å². The molecule has 3 rings (SSSR count). The lowest BCUT2D eigenvalue weighted by molar-refractivity contribution is -0.0109. The molecule has 0 amide bonds. The maximum atomic E-state index is 12.4. The van der Waals surface area contributed by atoms with Crippen molar-refractivity contribution >= 4 is 5.97 Å². The highest BCUT2D eigenvalue weighted by Crippen LogP contribution is 2.70. The number of aliphatic hydroxyl groups is 1. The van der Waals surface area contributed by atoms with E-state index >= 15 is 0 Å². The predicted molar refractivity (Wildman–Crippen MR) is 87.1 cm³/mol. The van der Waals surface area contributed by atoms with Gasteiger partial charge < -0.3 is 14.9 Å². The smallest absolute Gasteiger partial charge is 0.338 e. The third-order valence-electron chi connectivity index (χ3n) is 5.62. The van der Waals surface area contributed by atoms with E-state index in [1.54, 1.807) is 12.1 Å². The number of fused-ring (bicyclic) bond motifs is 1. The number of carbonyl (C=O) groups excluding carboxylic acids is 1. The van der Waals surface area contributed by atoms with Crippen LogP contribution in [0.25, 0.3) is 0 Å². The molecule has 4 atom stereocenters. The number of phenols is 1. The summed E-state index contributed by atoms with van der Waals surface area (Å²) in [6.45, 7) is 8.07. The number of hydrogen-bond donors (Lipinski definition) is 2. The zero-order valence-corrected chi connectivity index (χ0v) is 14.0. The topological polar surface area (TPSA) is 66.8 Å². The van der Waals surface area contributed by atoms with Gasteiger partial charge in [0.2, 0.25) is 0 Å². The van der Waals surface area contributed by atoms with E-state index in [0.29, 0.717) is 5.56 Å². The van der Waals surface area contributed by atoms with Gasteiger partial charge >= 0.3 is 5.97 Å². The molecule has 2 N–H and O–H groups in total. The summed E-state index contributed by atoms with van der Waals surface area (Å²) in [4.78, 5) is 12.4. The van der Waals surface area contributed by atoms with Crippen molar-refractivity contribution in [3.63, 3.8) is 0 Å². The van der Waals surface area contributed by atoms with E-state index in [9.17, 15) is 15.0 Å². The number of benzene rings is 1. The largest absolute Gasteiger partial charge is 0.508 e. The molecule has 0 unspecified atom stereocenters. The Bertz CT molecular complexity index is 660. The molecule has 124 valence electrons. The molecule has 0 heterocycles. The fourth-order valence-corrected chi connectivity index (χ4v) is 3.93. The maximum Gasteiger partial charge on any atom is 0.338 e. The first kappa shape index (κ1) is 16.1. The zero-order valence-electron chi connectivity index (χ0n) is 14.0. The molecule has 0 aromatic heterocycles. The van der Waals surface area contributed by atoms with Gasteiger partial charge in [-0.05, 0) is 49.1 Å². The highest BCUT2D eigenvalue weighted by atomic mass is 16.5. The SMILES string of the molecule is CC1=C[C@@H]([C@@H](OC(=O)c2ccc(O)cc2)C(C)C)[C@@]2(C)C[C@@]12O. The van der Waals surface area contributed by atoms with Crippen LogP contribution in [0.5, 0.6) is 5.75 Å². The fraction of sp³-hybridized carbons (Fsp3) is 0.526. The van der Waals surface area contributed by atoms with Crippen LogP contribution in [0.3, 0.4) is 0 Å². The summed E-state index contributed by atoms with van der Waals surface area (Å²) < 4.78 is 5.80. The Kier molecular flexibility index (Phi) is 3.56. The number of carbonyl (C=O) groups is 1. The summed E-state index contributed by atoms with van der Waals surface area (Å²) in [5.41, 5.74) is 0.441. The molecular weight excluding hydrogens is 292 g/mol. The van der Waals surface area contributed by atoms with Crippen molar-refractivity contribution in [3.05, 3.63) is 41.5 Å². The molecule has 1 fully saturated rings. The van der Waals surface area contributed by atoms with Crippen LogP contribution in [0.15, 0.2) is 35.9 Å². The van der Waals surface area contributed by atoms with E-state index in [4.69, 9.17) is 4.74 Å². The van der Waals surface area contributed by atoms with E-state index < -0.39 is 11.6 Å². The Morgan fingerprint density at radius 3 is 2.35 bits per heavy atom. The Hall–Kier alpha value is -1.81. The van der Waals surface area contributed by atoms with Crippen molar-refractivity contribution in [1.82, 2.24) is 0 Å². The van der Waals surface area contributed by atoms with E-state index in [1.807, 2.05) is 20.8 Å². The predicted octanol–water partition coefficient (Wildman–Crippen LogP) is 3.29. The summed E-state index contributed by atoms with van der Waals surface area (Å²) in [5, 5.41) is 20.0. The van der Waals surface area contributed by atoms with Crippen LogP contribution in [-0.2, 0) is 4.74 Å². The van der Waals surface area contributed by atoms with Gasteiger partial charge in [-0.2, -0.15) is 0 Å². The highest BCUT2D eigenvalue weighted by Gasteiger charge is 2.72. The molecule has 23 heavy (non-hydrogen) atoms. The molecular formula is C19H24O4. The summed E-state index contributed by atoms with van der Waals surface area (Å²) in [6, 6.07) is 6.06. The summed E-state index contributed by atoms with van der Waals surface area (Å²) >= 11 is 0. The van der Waals surface area contributed by atoms with E-state index in [-0.39, 0.29) is 29.1 Å². The monoisotopic (exact) mass is 316 g/mol. The van der Waals surface area contributed by atoms with Gasteiger partial charge in [-0.3, -0.25) is 0 Å². The highest BCUT2D eigenvalue weighted by molar-refractivity contribution is 5.89. The van der Waals surface area contributed by atoms with Gasteiger partial charge in [0.1, 0.15) is 11.9 Å². The second-order valence-corrected chi connectivity index (χ2v) is 7.49. The molecule has 1 saturated carbocycles. The Morgan fingerprint density at radius 2 is 1.91 bits per heavy atom. The molecule has 2 aliphatic rings. The van der Waals surface area contributed by atoms with E-state index in [1.165, 1.54) is 12.1 Å². The number of ether oxygens (including phenoxy) is 1. The van der Waals surface area contributed by atoms with Crippen LogP contribution in [-0.4, -0.2) is 27.9 Å². The lowest BCUT2D eigenvalue weighted by atomic mass is 9.82. The molecule has 1 aromatic rings. The molecule has 0 bridgehead atoms. The van der Waals surface area contributed by atoms with Crippen molar-refractivity contribution in [1.29, 1.82) is 0 Å². The molecule has 1 aromatic carbocycles. The fourth-order valence-electron chi connectivity index (χ4n) is 3.93. The lowest BCUT2D eigenvalue weighted by Gasteiger charge is -2.31. The number of aromatic hydroxyl groups is 1. The van der Waals surface area contributed by atoms with Crippen molar-refractivity contribution in [2.75, 3.05) is 0 Å². The minimum absolute atomic E-state index is 0.0218. The van der Waals surface area contributed by atoms with Crippen LogP contribution in [0.4, 0.5) is 0 Å². The molecule has 0 radical (unpaired) electrons. The van der Waals surface area contributed by atoms with Crippen LogP contribution in [0, 0.1) is 17.3 Å². The second-order valence-electron chi connectivity index (χ2n) is 7.49. The minimum Gasteiger partial charge on any atom is -0.508 e. The minimum atomic E-state index is -0.726. The molecule has 4 nitrogen and oxygen atoms in total. The van der Waals surface area contributed by atoms with E-state index in [0.717, 1.165) is 12.0 Å². The number of hydrogen-bond acceptors (Lipinski definition) is 4. The standard InChI is InChI=1S/C19H24O4/c1-11(2)16(15-9-12(3)19(22)10-18(15,19)4)23-17(21)13-5-7-14(20)8-6-13/h5-9,11,15-16,20,22H,10H2,1-4H3/t15-,16-,18+,19+/m0/s1. The Morgan fingerprint density at radius 1 is 1.30 bits per heavy atom. The Balaban J connectivity index is 1.81. The van der Waals surface area contributed by atoms with Crippen molar-refractivity contribution in [3.8, 4) is 5.75 Å². The number of phenolic OH excluding ortho intramolecular Hbond substituents is 1. The van der Waals surface area contributed by atoms with Crippen molar-refractivity contribution < 1.29 is 19.7 Å². The quantitative estimate of drug-likeness (QED) is 0.661.